The number of hydrogen-bond acceptors (Lipinski definition) is 5. The summed E-state index contributed by atoms with van der Waals surface area (Å²) in [7, 11) is -1.73. The Bertz CT molecular complexity index is 318. The first-order valence-corrected chi connectivity index (χ1v) is 7.93. The predicted molar refractivity (Wildman–Crippen MR) is 59.6 cm³/mol. The van der Waals surface area contributed by atoms with E-state index in [2.05, 4.69) is 4.15 Å². The first kappa shape index (κ1) is 15.1. The van der Waals surface area contributed by atoms with Crippen LogP contribution in [0.1, 0.15) is 6.42 Å². The molecule has 15 heavy (non-hydrogen) atoms. The van der Waals surface area contributed by atoms with E-state index in [-0.39, 0.29) is 0 Å². The summed E-state index contributed by atoms with van der Waals surface area (Å²) in [6, 6.07) is 0. The highest BCUT2D eigenvalue weighted by atomic mass is 32.2. The molecule has 8 heteroatoms. The van der Waals surface area contributed by atoms with Crippen LogP contribution in [0.5, 0.6) is 0 Å². The van der Waals surface area contributed by atoms with Gasteiger partial charge >= 0.3 is 0 Å². The molecule has 0 heterocycles. The predicted octanol–water partition coefficient (Wildman–Crippen LogP) is 1.31. The lowest BCUT2D eigenvalue weighted by atomic mass is 10.5. The van der Waals surface area contributed by atoms with Crippen LogP contribution in [0.4, 0.5) is 0 Å². The van der Waals surface area contributed by atoms with Crippen LogP contribution in [0.25, 0.3) is 0 Å². The van der Waals surface area contributed by atoms with Crippen LogP contribution in [0, 0.1) is 0 Å². The first-order valence-electron chi connectivity index (χ1n) is 4.32. The Hall–Kier alpha value is 0.0600. The third-order valence-corrected chi connectivity index (χ3v) is 5.84. The Kier molecular flexibility index (Phi) is 6.63. The van der Waals surface area contributed by atoms with Crippen molar-refractivity contribution in [1.29, 1.82) is 0 Å². The molecular formula is C7H18NO5PS. The molecule has 0 saturated heterocycles. The summed E-state index contributed by atoms with van der Waals surface area (Å²) < 4.78 is 40.8. The maximum atomic E-state index is 11.1. The van der Waals surface area contributed by atoms with Crippen molar-refractivity contribution in [2.45, 2.75) is 6.42 Å². The average Bonchev–Trinajstić information content (AvgIpc) is 2.15. The molecule has 0 aliphatic rings. The molecule has 0 spiro atoms. The van der Waals surface area contributed by atoms with Gasteiger partial charge in [0.2, 0.25) is 7.51 Å². The topological polar surface area (TPSA) is 74.2 Å². The third-order valence-electron chi connectivity index (χ3n) is 1.63. The molecule has 0 aromatic rings. The number of methoxy groups -OCH3 is 1. The van der Waals surface area contributed by atoms with Crippen LogP contribution >= 0.6 is 7.51 Å². The van der Waals surface area contributed by atoms with Gasteiger partial charge in [0.05, 0.1) is 6.26 Å². The van der Waals surface area contributed by atoms with Crippen molar-refractivity contribution in [3.63, 3.8) is 0 Å². The van der Waals surface area contributed by atoms with Gasteiger partial charge in [-0.2, -0.15) is 0 Å². The molecular weight excluding hydrogens is 241 g/mol. The molecule has 0 N–H and O–H groups in total. The van der Waals surface area contributed by atoms with Gasteiger partial charge in [-0.25, -0.2) is 8.42 Å². The summed E-state index contributed by atoms with van der Waals surface area (Å²) in [4.78, 5) is 0. The van der Waals surface area contributed by atoms with E-state index in [4.69, 9.17) is 13.8 Å². The van der Waals surface area contributed by atoms with Gasteiger partial charge in [-0.05, 0) is 6.42 Å². The van der Waals surface area contributed by atoms with Crippen molar-refractivity contribution in [2.75, 3.05) is 40.4 Å². The lowest BCUT2D eigenvalue weighted by Gasteiger charge is -2.19. The molecule has 0 aliphatic heterocycles. The Balaban J connectivity index is 4.81. The largest absolute Gasteiger partial charge is 0.385 e. The second-order valence-electron chi connectivity index (χ2n) is 2.89. The van der Waals surface area contributed by atoms with Gasteiger partial charge in [0.1, 0.15) is 0 Å². The second kappa shape index (κ2) is 6.60. The van der Waals surface area contributed by atoms with Crippen LogP contribution in [0.3, 0.4) is 0 Å². The van der Waals surface area contributed by atoms with Crippen LogP contribution in [0.2, 0.25) is 0 Å². The van der Waals surface area contributed by atoms with Gasteiger partial charge in [0.25, 0.3) is 10.0 Å². The van der Waals surface area contributed by atoms with Gasteiger partial charge in [-0.3, -0.25) is 0 Å². The van der Waals surface area contributed by atoms with E-state index in [1.165, 1.54) is 14.2 Å². The van der Waals surface area contributed by atoms with E-state index in [0.717, 1.165) is 6.26 Å². The quantitative estimate of drug-likeness (QED) is 0.509. The summed E-state index contributed by atoms with van der Waals surface area (Å²) in [5.41, 5.74) is 0. The maximum Gasteiger partial charge on any atom is 0.252 e. The minimum Gasteiger partial charge on any atom is -0.385 e. The number of nitrogens with zero attached hydrogens (tertiary/aromatic N) is 1. The summed E-state index contributed by atoms with van der Waals surface area (Å²) in [6.45, 7) is 0.522. The number of ether oxygens (including phenoxy) is 1. The normalized spacial score (nSPS) is 12.8. The molecule has 0 unspecified atom stereocenters. The fourth-order valence-electron chi connectivity index (χ4n) is 0.999. The summed E-state index contributed by atoms with van der Waals surface area (Å²) >= 11 is 0. The van der Waals surface area contributed by atoms with E-state index in [0.29, 0.717) is 19.2 Å². The van der Waals surface area contributed by atoms with Gasteiger partial charge < -0.3 is 13.8 Å². The highest BCUT2D eigenvalue weighted by Gasteiger charge is 2.21. The second-order valence-corrected chi connectivity index (χ2v) is 7.46. The standard InChI is InChI=1S/C7H18NO5PS/c1-11-6-5-7-14(12-2,13-3)8-15(4,9)10/h5-7H2,1-4H3. The van der Waals surface area contributed by atoms with Crippen molar-refractivity contribution in [3.05, 3.63) is 0 Å². The highest BCUT2D eigenvalue weighted by Crippen LogP contribution is 2.51. The minimum atomic E-state index is -3.46. The fraction of sp³-hybridized carbons (Fsp3) is 1.00. The molecule has 0 amide bonds. The summed E-state index contributed by atoms with van der Waals surface area (Å²) in [5, 5.41) is 0. The third kappa shape index (κ3) is 6.27. The van der Waals surface area contributed by atoms with Crippen molar-refractivity contribution in [1.82, 2.24) is 0 Å². The molecule has 6 nitrogen and oxygen atoms in total. The number of hydrogen-bond donors (Lipinski definition) is 0. The Morgan fingerprint density at radius 3 is 2.07 bits per heavy atom. The molecule has 0 aliphatic carbocycles. The summed E-state index contributed by atoms with van der Waals surface area (Å²) in [6.07, 6.45) is 2.10. The van der Waals surface area contributed by atoms with Crippen LogP contribution in [-0.2, 0) is 23.8 Å². The van der Waals surface area contributed by atoms with Crippen molar-refractivity contribution in [2.24, 2.45) is 4.15 Å². The lowest BCUT2D eigenvalue weighted by molar-refractivity contribution is 0.197. The van der Waals surface area contributed by atoms with Crippen LogP contribution in [-0.4, -0.2) is 48.8 Å². The van der Waals surface area contributed by atoms with Crippen molar-refractivity contribution < 1.29 is 22.2 Å². The molecule has 92 valence electrons. The van der Waals surface area contributed by atoms with Crippen LogP contribution < -0.4 is 0 Å². The maximum absolute atomic E-state index is 11.1. The monoisotopic (exact) mass is 259 g/mol. The smallest absolute Gasteiger partial charge is 0.252 e. The Morgan fingerprint density at radius 2 is 1.73 bits per heavy atom. The molecule has 0 fully saturated rings. The van der Waals surface area contributed by atoms with Crippen molar-refractivity contribution in [3.8, 4) is 0 Å². The van der Waals surface area contributed by atoms with Gasteiger partial charge in [-0.1, -0.05) is 0 Å². The number of rotatable bonds is 7. The fourth-order valence-corrected chi connectivity index (χ4v) is 4.71. The summed E-state index contributed by atoms with van der Waals surface area (Å²) in [5.74, 6) is 0. The molecule has 0 atom stereocenters. The molecule has 0 aromatic carbocycles. The zero-order valence-corrected chi connectivity index (χ0v) is 11.2. The Morgan fingerprint density at radius 1 is 1.20 bits per heavy atom. The molecule has 0 aromatic heterocycles. The van der Waals surface area contributed by atoms with E-state index in [1.807, 2.05) is 0 Å². The molecule has 0 rings (SSSR count). The molecule has 0 radical (unpaired) electrons. The number of sulfonamides is 1. The average molecular weight is 259 g/mol. The molecule has 0 bridgehead atoms. The van der Waals surface area contributed by atoms with Gasteiger partial charge in [0, 0.05) is 34.1 Å². The van der Waals surface area contributed by atoms with E-state index in [9.17, 15) is 8.42 Å². The molecule has 0 saturated carbocycles. The van der Waals surface area contributed by atoms with E-state index in [1.54, 1.807) is 7.11 Å². The highest BCUT2D eigenvalue weighted by molar-refractivity contribution is 7.92. The van der Waals surface area contributed by atoms with Crippen LogP contribution in [0.15, 0.2) is 4.15 Å². The van der Waals surface area contributed by atoms with E-state index < -0.39 is 17.5 Å². The SMILES string of the molecule is COCCCP(=NS(C)(=O)=O)(OC)OC. The zero-order chi connectivity index (χ0) is 11.9. The zero-order valence-electron chi connectivity index (χ0n) is 9.47. The first-order chi connectivity index (χ1) is 6.89. The minimum absolute atomic E-state index is 0.431. The Labute approximate surface area is 91.2 Å². The van der Waals surface area contributed by atoms with Gasteiger partial charge in [0.15, 0.2) is 0 Å². The van der Waals surface area contributed by atoms with Gasteiger partial charge in [-0.15, -0.1) is 4.15 Å². The van der Waals surface area contributed by atoms with E-state index >= 15 is 0 Å². The van der Waals surface area contributed by atoms with Crippen molar-refractivity contribution >= 4 is 17.5 Å². The lowest BCUT2D eigenvalue weighted by Crippen LogP contribution is -2.02.